The van der Waals surface area contributed by atoms with Crippen molar-refractivity contribution in [2.75, 3.05) is 0 Å². The molecule has 46 heavy (non-hydrogen) atoms. The molecule has 0 spiro atoms. The molecule has 6 rings (SSSR count). The van der Waals surface area contributed by atoms with Crippen molar-refractivity contribution in [3.05, 3.63) is 83.9 Å². The summed E-state index contributed by atoms with van der Waals surface area (Å²) in [6.45, 7) is 17.2. The number of esters is 2. The number of carbonyl (C=O) groups excluding carboxylic acids is 2. The number of carbonyl (C=O) groups is 2. The van der Waals surface area contributed by atoms with Gasteiger partial charge in [0.05, 0.1) is 11.1 Å². The van der Waals surface area contributed by atoms with Crippen LogP contribution in [0.4, 0.5) is 0 Å². The van der Waals surface area contributed by atoms with Crippen LogP contribution in [0.1, 0.15) is 102 Å². The van der Waals surface area contributed by atoms with Crippen molar-refractivity contribution in [2.45, 2.75) is 115 Å². The molecule has 0 aromatic heterocycles. The quantitative estimate of drug-likeness (QED) is 0.218. The molecule has 2 N–H and O–H groups in total. The van der Waals surface area contributed by atoms with Crippen LogP contribution in [0.25, 0.3) is 32.7 Å². The number of hydrogen-bond acceptors (Lipinski definition) is 6. The van der Waals surface area contributed by atoms with Crippen LogP contribution in [0.5, 0.6) is 0 Å². The summed E-state index contributed by atoms with van der Waals surface area (Å²) in [4.78, 5) is 26.4. The van der Waals surface area contributed by atoms with Gasteiger partial charge in [-0.1, -0.05) is 36.4 Å². The average molecular weight is 621 g/mol. The summed E-state index contributed by atoms with van der Waals surface area (Å²) >= 11 is 0. The Labute approximate surface area is 273 Å². The van der Waals surface area contributed by atoms with Gasteiger partial charge in [-0.25, -0.2) is 9.59 Å². The molecule has 2 heterocycles. The fourth-order valence-corrected chi connectivity index (χ4v) is 8.17. The van der Waals surface area contributed by atoms with Crippen LogP contribution >= 0.6 is 0 Å². The van der Waals surface area contributed by atoms with Gasteiger partial charge in [0.2, 0.25) is 0 Å². The molecule has 4 aromatic carbocycles. The van der Waals surface area contributed by atoms with Gasteiger partial charge in [0.1, 0.15) is 12.2 Å². The monoisotopic (exact) mass is 620 g/mol. The van der Waals surface area contributed by atoms with E-state index in [4.69, 9.17) is 9.47 Å². The molecule has 0 unspecified atom stereocenters. The van der Waals surface area contributed by atoms with Crippen molar-refractivity contribution >= 4 is 33.5 Å². The lowest BCUT2D eigenvalue weighted by Gasteiger charge is -2.45. The Morgan fingerprint density at radius 2 is 0.848 bits per heavy atom. The lowest BCUT2D eigenvalue weighted by atomic mass is 9.81. The van der Waals surface area contributed by atoms with E-state index >= 15 is 0 Å². The minimum atomic E-state index is -0.279. The third-order valence-corrected chi connectivity index (χ3v) is 9.34. The molecule has 2 fully saturated rings. The molecule has 6 nitrogen and oxygen atoms in total. The molecule has 242 valence electrons. The van der Waals surface area contributed by atoms with Gasteiger partial charge in [-0.3, -0.25) is 0 Å². The van der Waals surface area contributed by atoms with Crippen molar-refractivity contribution in [3.8, 4) is 11.1 Å². The normalized spacial score (nSPS) is 20.8. The van der Waals surface area contributed by atoms with Gasteiger partial charge in [0.15, 0.2) is 0 Å². The summed E-state index contributed by atoms with van der Waals surface area (Å²) in [6, 6.07) is 24.1. The second-order valence-electron chi connectivity index (χ2n) is 16.2. The van der Waals surface area contributed by atoms with Crippen molar-refractivity contribution in [1.82, 2.24) is 10.6 Å². The lowest BCUT2D eigenvalue weighted by Crippen LogP contribution is -2.59. The van der Waals surface area contributed by atoms with Gasteiger partial charge < -0.3 is 20.1 Å². The van der Waals surface area contributed by atoms with Crippen LogP contribution in [-0.2, 0) is 9.47 Å². The molecule has 2 aliphatic heterocycles. The Bertz CT molecular complexity index is 1790. The van der Waals surface area contributed by atoms with Crippen LogP contribution in [0, 0.1) is 0 Å². The highest BCUT2D eigenvalue weighted by atomic mass is 16.5. The Hall–Kier alpha value is -3.74. The highest BCUT2D eigenvalue weighted by molar-refractivity contribution is 5.99. The standard InChI is InChI=1S/C40H48N2O4/c1-37(2)21-33(22-38(3,4)41-37)45-35(43)30-16-14-27-17-26(12-13-28(27)18-30)29-11-9-25-10-15-31(20-32(25)19-29)36(44)46-34-23-39(5,6)42-40(7,8)24-34/h9-20,33-34,41-42H,21-24H2,1-8H3. The molecule has 0 saturated carbocycles. The summed E-state index contributed by atoms with van der Waals surface area (Å²) in [5, 5.41) is 11.4. The van der Waals surface area contributed by atoms with Crippen molar-refractivity contribution in [1.29, 1.82) is 0 Å². The second kappa shape index (κ2) is 11.5. The maximum atomic E-state index is 13.2. The molecular formula is C40H48N2O4. The van der Waals surface area contributed by atoms with Crippen LogP contribution < -0.4 is 10.6 Å². The number of hydrogen-bond donors (Lipinski definition) is 2. The van der Waals surface area contributed by atoms with E-state index in [-0.39, 0.29) is 46.3 Å². The predicted molar refractivity (Wildman–Crippen MR) is 186 cm³/mol. The molecule has 2 aliphatic rings. The number of piperidine rings is 2. The fraction of sp³-hybridized carbons (Fsp3) is 0.450. The number of benzene rings is 4. The third-order valence-electron chi connectivity index (χ3n) is 9.34. The first-order chi connectivity index (χ1) is 21.4. The maximum absolute atomic E-state index is 13.2. The van der Waals surface area contributed by atoms with Crippen molar-refractivity contribution in [3.63, 3.8) is 0 Å². The van der Waals surface area contributed by atoms with E-state index in [1.807, 2.05) is 36.4 Å². The first-order valence-electron chi connectivity index (χ1n) is 16.5. The Morgan fingerprint density at radius 1 is 0.500 bits per heavy atom. The molecule has 0 aliphatic carbocycles. The van der Waals surface area contributed by atoms with E-state index in [1.54, 1.807) is 0 Å². The van der Waals surface area contributed by atoms with Gasteiger partial charge in [-0.05, 0) is 124 Å². The summed E-state index contributed by atoms with van der Waals surface area (Å²) in [6.07, 6.45) is 2.85. The summed E-state index contributed by atoms with van der Waals surface area (Å²) in [5.74, 6) is -0.556. The van der Waals surface area contributed by atoms with Gasteiger partial charge >= 0.3 is 11.9 Å². The number of fused-ring (bicyclic) bond motifs is 2. The first kappa shape index (κ1) is 32.2. The highest BCUT2D eigenvalue weighted by Gasteiger charge is 2.40. The molecule has 4 aromatic rings. The third kappa shape index (κ3) is 7.29. The van der Waals surface area contributed by atoms with Crippen LogP contribution in [0.15, 0.2) is 72.8 Å². The summed E-state index contributed by atoms with van der Waals surface area (Å²) in [7, 11) is 0. The van der Waals surface area contributed by atoms with Crippen LogP contribution in [0.2, 0.25) is 0 Å². The zero-order valence-electron chi connectivity index (χ0n) is 28.5. The zero-order valence-corrected chi connectivity index (χ0v) is 28.5. The first-order valence-corrected chi connectivity index (χ1v) is 16.5. The smallest absolute Gasteiger partial charge is 0.338 e. The molecule has 2 saturated heterocycles. The SMILES string of the molecule is CC1(C)CC(OC(=O)c2ccc3cc(-c4ccc5ccc(C(=O)OC6CC(C)(C)NC(C)(C)C6)cc5c4)ccc3c2)CC(C)(C)N1. The zero-order chi connectivity index (χ0) is 33.1. The van der Waals surface area contributed by atoms with Gasteiger partial charge in [-0.2, -0.15) is 0 Å². The molecule has 0 bridgehead atoms. The minimum Gasteiger partial charge on any atom is -0.459 e. The van der Waals surface area contributed by atoms with Crippen LogP contribution in [-0.4, -0.2) is 46.3 Å². The summed E-state index contributed by atoms with van der Waals surface area (Å²) in [5.41, 5.74) is 2.86. The van der Waals surface area contributed by atoms with Gasteiger partial charge in [0.25, 0.3) is 0 Å². The van der Waals surface area contributed by atoms with E-state index in [9.17, 15) is 9.59 Å². The van der Waals surface area contributed by atoms with E-state index in [1.165, 1.54) is 0 Å². The minimum absolute atomic E-state index is 0.0954. The molecule has 0 amide bonds. The van der Waals surface area contributed by atoms with Gasteiger partial charge in [0, 0.05) is 47.8 Å². The van der Waals surface area contributed by atoms with E-state index in [0.29, 0.717) is 11.1 Å². The Morgan fingerprint density at radius 3 is 1.33 bits per heavy atom. The second-order valence-corrected chi connectivity index (χ2v) is 16.2. The maximum Gasteiger partial charge on any atom is 0.338 e. The average Bonchev–Trinajstić information content (AvgIpc) is 2.92. The molecule has 6 heteroatoms. The Balaban J connectivity index is 1.18. The summed E-state index contributed by atoms with van der Waals surface area (Å²) < 4.78 is 12.0. The van der Waals surface area contributed by atoms with E-state index in [0.717, 1.165) is 58.4 Å². The molecule has 0 atom stereocenters. The van der Waals surface area contributed by atoms with Crippen molar-refractivity contribution < 1.29 is 19.1 Å². The number of nitrogens with one attached hydrogen (secondary N) is 2. The van der Waals surface area contributed by atoms with E-state index in [2.05, 4.69) is 102 Å². The topological polar surface area (TPSA) is 76.7 Å². The largest absolute Gasteiger partial charge is 0.459 e. The van der Waals surface area contributed by atoms with Crippen molar-refractivity contribution in [2.24, 2.45) is 0 Å². The Kier molecular flexibility index (Phi) is 8.05. The highest BCUT2D eigenvalue weighted by Crippen LogP contribution is 2.33. The number of rotatable bonds is 5. The van der Waals surface area contributed by atoms with Gasteiger partial charge in [-0.15, -0.1) is 0 Å². The van der Waals surface area contributed by atoms with E-state index < -0.39 is 0 Å². The molecule has 0 radical (unpaired) electrons. The van der Waals surface area contributed by atoms with Crippen LogP contribution in [0.3, 0.4) is 0 Å². The molecular weight excluding hydrogens is 572 g/mol. The predicted octanol–water partition coefficient (Wildman–Crippen LogP) is 8.59. The fourth-order valence-electron chi connectivity index (χ4n) is 8.17. The number of ether oxygens (including phenoxy) is 2. The lowest BCUT2D eigenvalue weighted by molar-refractivity contribution is -0.00764.